The first kappa shape index (κ1) is 23.6. The number of sulfone groups is 1. The van der Waals surface area contributed by atoms with Gasteiger partial charge in [0.25, 0.3) is 5.91 Å². The minimum atomic E-state index is -3.39. The zero-order chi connectivity index (χ0) is 20.0. The molecule has 0 aliphatic heterocycles. The Hall–Kier alpha value is -2.42. The minimum absolute atomic E-state index is 0. The van der Waals surface area contributed by atoms with Crippen LogP contribution < -0.4 is 16.0 Å². The quantitative estimate of drug-likeness (QED) is 0.632. The van der Waals surface area contributed by atoms with Crippen LogP contribution in [-0.4, -0.2) is 40.1 Å². The average molecular weight is 426 g/mol. The van der Waals surface area contributed by atoms with E-state index >= 15 is 0 Å². The Morgan fingerprint density at radius 1 is 1.04 bits per heavy atom. The third-order valence-corrected chi connectivity index (χ3v) is 5.00. The average Bonchev–Trinajstić information content (AvgIpc) is 2.61. The lowest BCUT2D eigenvalue weighted by atomic mass is 10.1. The van der Waals surface area contributed by atoms with Crippen molar-refractivity contribution in [1.29, 1.82) is 0 Å². The highest BCUT2D eigenvalue weighted by molar-refractivity contribution is 7.90. The summed E-state index contributed by atoms with van der Waals surface area (Å²) in [5, 5.41) is 8.47. The minimum Gasteiger partial charge on any atom is -0.326 e. The highest BCUT2D eigenvalue weighted by Gasteiger charge is 2.13. The Morgan fingerprint density at radius 3 is 2.36 bits per heavy atom. The van der Waals surface area contributed by atoms with Gasteiger partial charge in [-0.25, -0.2) is 8.42 Å². The van der Waals surface area contributed by atoms with Crippen molar-refractivity contribution in [2.45, 2.75) is 18.2 Å². The largest absolute Gasteiger partial charge is 0.326 e. The number of anilines is 2. The zero-order valence-corrected chi connectivity index (χ0v) is 17.5. The summed E-state index contributed by atoms with van der Waals surface area (Å²) < 4.78 is 23.3. The topological polar surface area (TPSA) is 104 Å². The SMILES string of the molecule is CNCCC(=O)Nc1ccc(NC(=O)c2cccc(S(C)(=O)=O)c2)c(C)c1.Cl. The number of amides is 2. The molecule has 0 unspecified atom stereocenters. The van der Waals surface area contributed by atoms with Gasteiger partial charge in [-0.05, 0) is 55.9 Å². The van der Waals surface area contributed by atoms with Crippen molar-refractivity contribution >= 4 is 45.4 Å². The summed E-state index contributed by atoms with van der Waals surface area (Å²) in [5.74, 6) is -0.507. The molecule has 2 rings (SSSR count). The van der Waals surface area contributed by atoms with E-state index in [9.17, 15) is 18.0 Å². The highest BCUT2D eigenvalue weighted by Crippen LogP contribution is 2.21. The van der Waals surface area contributed by atoms with Gasteiger partial charge in [-0.15, -0.1) is 12.4 Å². The van der Waals surface area contributed by atoms with Crippen molar-refractivity contribution in [2.24, 2.45) is 0 Å². The summed E-state index contributed by atoms with van der Waals surface area (Å²) in [6.07, 6.45) is 1.46. The molecule has 3 N–H and O–H groups in total. The molecule has 28 heavy (non-hydrogen) atoms. The first-order valence-corrected chi connectivity index (χ1v) is 10.3. The number of carbonyl (C=O) groups excluding carboxylic acids is 2. The smallest absolute Gasteiger partial charge is 0.255 e. The number of nitrogens with one attached hydrogen (secondary N) is 3. The lowest BCUT2D eigenvalue weighted by Gasteiger charge is -2.12. The molecular formula is C19H24ClN3O4S. The zero-order valence-electron chi connectivity index (χ0n) is 15.9. The predicted octanol–water partition coefficient (Wildman–Crippen LogP) is 2.62. The van der Waals surface area contributed by atoms with E-state index in [0.29, 0.717) is 24.3 Å². The van der Waals surface area contributed by atoms with Gasteiger partial charge in [-0.2, -0.15) is 0 Å². The van der Waals surface area contributed by atoms with E-state index in [4.69, 9.17) is 0 Å². The third kappa shape index (κ3) is 6.63. The van der Waals surface area contributed by atoms with E-state index in [1.165, 1.54) is 18.2 Å². The number of benzene rings is 2. The molecule has 0 fully saturated rings. The van der Waals surface area contributed by atoms with E-state index < -0.39 is 15.7 Å². The van der Waals surface area contributed by atoms with Gasteiger partial charge in [0.2, 0.25) is 5.91 Å². The van der Waals surface area contributed by atoms with Crippen LogP contribution in [0.15, 0.2) is 47.4 Å². The first-order valence-electron chi connectivity index (χ1n) is 8.37. The van der Waals surface area contributed by atoms with Crippen molar-refractivity contribution in [2.75, 3.05) is 30.5 Å². The molecule has 0 aromatic heterocycles. The van der Waals surface area contributed by atoms with Crippen LogP contribution in [0, 0.1) is 6.92 Å². The van der Waals surface area contributed by atoms with Crippen molar-refractivity contribution in [3.05, 3.63) is 53.6 Å². The molecule has 0 spiro atoms. The second-order valence-corrected chi connectivity index (χ2v) is 8.20. The molecule has 0 atom stereocenters. The molecule has 0 bridgehead atoms. The molecule has 0 saturated carbocycles. The van der Waals surface area contributed by atoms with Crippen LogP contribution in [0.25, 0.3) is 0 Å². The van der Waals surface area contributed by atoms with Crippen LogP contribution in [0.5, 0.6) is 0 Å². The molecule has 2 aromatic carbocycles. The van der Waals surface area contributed by atoms with Crippen LogP contribution in [0.3, 0.4) is 0 Å². The summed E-state index contributed by atoms with van der Waals surface area (Å²) in [5.41, 5.74) is 2.25. The fourth-order valence-corrected chi connectivity index (χ4v) is 3.07. The van der Waals surface area contributed by atoms with Gasteiger partial charge in [0.1, 0.15) is 0 Å². The molecule has 0 aliphatic rings. The predicted molar refractivity (Wildman–Crippen MR) is 113 cm³/mol. The van der Waals surface area contributed by atoms with Crippen molar-refractivity contribution < 1.29 is 18.0 Å². The molecule has 9 heteroatoms. The number of rotatable bonds is 7. The van der Waals surface area contributed by atoms with Gasteiger partial charge in [0, 0.05) is 36.2 Å². The lowest BCUT2D eigenvalue weighted by molar-refractivity contribution is -0.116. The summed E-state index contributed by atoms with van der Waals surface area (Å²) >= 11 is 0. The summed E-state index contributed by atoms with van der Waals surface area (Å²) in [6.45, 7) is 2.40. The van der Waals surface area contributed by atoms with Gasteiger partial charge in [0.05, 0.1) is 4.90 Å². The molecule has 0 radical (unpaired) electrons. The second kappa shape index (κ2) is 10.2. The molecule has 2 amide bonds. The maximum absolute atomic E-state index is 12.4. The van der Waals surface area contributed by atoms with Crippen LogP contribution in [-0.2, 0) is 14.6 Å². The highest BCUT2D eigenvalue weighted by atomic mass is 35.5. The normalized spacial score (nSPS) is 10.7. The number of hydrogen-bond donors (Lipinski definition) is 3. The Kier molecular flexibility index (Phi) is 8.62. The van der Waals surface area contributed by atoms with Gasteiger partial charge < -0.3 is 16.0 Å². The Balaban J connectivity index is 0.00000392. The summed E-state index contributed by atoms with van der Waals surface area (Å²) in [4.78, 5) is 24.3. The second-order valence-electron chi connectivity index (χ2n) is 6.19. The van der Waals surface area contributed by atoms with E-state index in [1.807, 2.05) is 6.92 Å². The fraction of sp³-hybridized carbons (Fsp3) is 0.263. The van der Waals surface area contributed by atoms with Gasteiger partial charge in [-0.3, -0.25) is 9.59 Å². The van der Waals surface area contributed by atoms with E-state index in [0.717, 1.165) is 11.8 Å². The van der Waals surface area contributed by atoms with Gasteiger partial charge in [0.15, 0.2) is 9.84 Å². The van der Waals surface area contributed by atoms with E-state index in [2.05, 4.69) is 16.0 Å². The van der Waals surface area contributed by atoms with Gasteiger partial charge in [-0.1, -0.05) is 6.07 Å². The van der Waals surface area contributed by atoms with Crippen molar-refractivity contribution in [1.82, 2.24) is 5.32 Å². The third-order valence-electron chi connectivity index (χ3n) is 3.88. The van der Waals surface area contributed by atoms with Crippen molar-refractivity contribution in [3.8, 4) is 0 Å². The molecule has 0 aliphatic carbocycles. The molecule has 0 saturated heterocycles. The molecule has 2 aromatic rings. The van der Waals surface area contributed by atoms with E-state index in [1.54, 1.807) is 31.3 Å². The first-order chi connectivity index (χ1) is 12.7. The Bertz CT molecular complexity index is 961. The van der Waals surface area contributed by atoms with Gasteiger partial charge >= 0.3 is 0 Å². The number of halogens is 1. The standard InChI is InChI=1S/C19H23N3O4S.ClH/c1-13-11-15(21-18(23)9-10-20-2)7-8-17(13)22-19(24)14-5-4-6-16(12-14)27(3,25)26;/h4-8,11-12,20H,9-10H2,1-3H3,(H,21,23)(H,22,24);1H. The van der Waals surface area contributed by atoms with Crippen LogP contribution in [0.1, 0.15) is 22.3 Å². The molecule has 152 valence electrons. The maximum atomic E-state index is 12.4. The van der Waals surface area contributed by atoms with Crippen molar-refractivity contribution in [3.63, 3.8) is 0 Å². The summed E-state index contributed by atoms with van der Waals surface area (Å²) in [7, 11) is -1.61. The molecular weight excluding hydrogens is 402 g/mol. The van der Waals surface area contributed by atoms with Crippen LogP contribution in [0.4, 0.5) is 11.4 Å². The summed E-state index contributed by atoms with van der Waals surface area (Å²) in [6, 6.07) is 11.0. The number of aryl methyl sites for hydroxylation is 1. The van der Waals surface area contributed by atoms with Crippen LogP contribution >= 0.6 is 12.4 Å². The Labute approximate surface area is 171 Å². The van der Waals surface area contributed by atoms with Crippen LogP contribution in [0.2, 0.25) is 0 Å². The molecule has 7 nitrogen and oxygen atoms in total. The number of hydrogen-bond acceptors (Lipinski definition) is 5. The molecule has 0 heterocycles. The maximum Gasteiger partial charge on any atom is 0.255 e. The Morgan fingerprint density at radius 2 is 1.75 bits per heavy atom. The monoisotopic (exact) mass is 425 g/mol. The fourth-order valence-electron chi connectivity index (χ4n) is 2.41. The van der Waals surface area contributed by atoms with E-state index in [-0.39, 0.29) is 28.8 Å². The lowest BCUT2D eigenvalue weighted by Crippen LogP contribution is -2.19. The number of carbonyl (C=O) groups is 2.